The first-order chi connectivity index (χ1) is 10.1. The van der Waals surface area contributed by atoms with Crippen molar-refractivity contribution in [2.75, 3.05) is 0 Å². The van der Waals surface area contributed by atoms with Gasteiger partial charge in [-0.25, -0.2) is 4.39 Å². The third-order valence-electron chi connectivity index (χ3n) is 4.23. The monoisotopic (exact) mass is 292 g/mol. The van der Waals surface area contributed by atoms with Crippen LogP contribution in [0.3, 0.4) is 0 Å². The molecule has 112 valence electrons. The molecule has 2 aliphatic heterocycles. The minimum absolute atomic E-state index is 0.229. The van der Waals surface area contributed by atoms with Crippen LogP contribution in [-0.2, 0) is 20.9 Å². The van der Waals surface area contributed by atoms with E-state index in [1.165, 1.54) is 12.1 Å². The number of carboxylic acid groups (broad SMARTS) is 1. The lowest BCUT2D eigenvalue weighted by molar-refractivity contribution is -0.314. The van der Waals surface area contributed by atoms with Crippen molar-refractivity contribution in [1.29, 1.82) is 0 Å². The van der Waals surface area contributed by atoms with Gasteiger partial charge in [0.25, 0.3) is 0 Å². The molecule has 0 radical (unpaired) electrons. The first-order valence-corrected chi connectivity index (χ1v) is 6.95. The van der Waals surface area contributed by atoms with Crippen molar-refractivity contribution in [2.45, 2.75) is 31.6 Å². The van der Waals surface area contributed by atoms with E-state index in [4.69, 9.17) is 4.74 Å². The van der Waals surface area contributed by atoms with Crippen LogP contribution in [0.15, 0.2) is 24.3 Å². The number of carboxylic acids is 1. The van der Waals surface area contributed by atoms with Gasteiger partial charge in [-0.1, -0.05) is 12.1 Å². The van der Waals surface area contributed by atoms with Gasteiger partial charge < -0.3 is 20.0 Å². The highest BCUT2D eigenvalue weighted by molar-refractivity contribution is 5.86. The van der Waals surface area contributed by atoms with Gasteiger partial charge in [-0.3, -0.25) is 4.79 Å². The van der Waals surface area contributed by atoms with Crippen LogP contribution in [0.2, 0.25) is 0 Å². The van der Waals surface area contributed by atoms with Gasteiger partial charge in [0.05, 0.1) is 18.1 Å². The Hall–Kier alpha value is -1.95. The zero-order chi connectivity index (χ0) is 15.0. The molecular weight excluding hydrogens is 277 g/mol. The maximum Gasteiger partial charge on any atom is 0.226 e. The maximum atomic E-state index is 12.8. The molecule has 0 spiro atoms. The van der Waals surface area contributed by atoms with Gasteiger partial charge >= 0.3 is 0 Å². The second-order valence-electron chi connectivity index (χ2n) is 5.51. The lowest BCUT2D eigenvalue weighted by atomic mass is 9.78. The van der Waals surface area contributed by atoms with E-state index in [9.17, 15) is 19.1 Å². The summed E-state index contributed by atoms with van der Waals surface area (Å²) < 4.78 is 18.3. The average molecular weight is 292 g/mol. The first kappa shape index (κ1) is 14.0. The van der Waals surface area contributed by atoms with E-state index in [1.54, 1.807) is 12.1 Å². The number of rotatable bonds is 4. The summed E-state index contributed by atoms with van der Waals surface area (Å²) in [6.45, 7) is 0.229. The number of amides is 1. The molecule has 1 N–H and O–H groups in total. The van der Waals surface area contributed by atoms with Crippen LogP contribution in [0.4, 0.5) is 4.39 Å². The van der Waals surface area contributed by atoms with Crippen LogP contribution in [-0.4, -0.2) is 24.1 Å². The third kappa shape index (κ3) is 2.63. The quantitative estimate of drug-likeness (QED) is 0.846. The number of aliphatic carboxylic acids is 1. The predicted molar refractivity (Wildman–Crippen MR) is 68.1 cm³/mol. The normalized spacial score (nSPS) is 30.3. The number of carbonyl (C=O) groups excluding carboxylic acids is 2. The highest BCUT2D eigenvalue weighted by atomic mass is 19.1. The SMILES string of the molecule is O=C([O-])C1C2CCC(O2)C1C(=O)NCc1ccc(F)cc1. The fraction of sp³-hybridized carbons (Fsp3) is 0.467. The third-order valence-corrected chi connectivity index (χ3v) is 4.23. The molecule has 2 aliphatic rings. The summed E-state index contributed by atoms with van der Waals surface area (Å²) in [5, 5.41) is 13.9. The Bertz CT molecular complexity index is 559. The summed E-state index contributed by atoms with van der Waals surface area (Å²) in [6.07, 6.45) is 0.599. The number of fused-ring (bicyclic) bond motifs is 2. The van der Waals surface area contributed by atoms with Crippen molar-refractivity contribution in [3.63, 3.8) is 0 Å². The number of nitrogens with one attached hydrogen (secondary N) is 1. The molecule has 2 fully saturated rings. The number of ether oxygens (including phenoxy) is 1. The largest absolute Gasteiger partial charge is 0.550 e. The molecule has 1 aromatic carbocycles. The van der Waals surface area contributed by atoms with Gasteiger partial charge in [0.1, 0.15) is 5.82 Å². The van der Waals surface area contributed by atoms with E-state index in [0.29, 0.717) is 12.8 Å². The van der Waals surface area contributed by atoms with E-state index in [-0.39, 0.29) is 24.4 Å². The number of hydrogen-bond acceptors (Lipinski definition) is 4. The van der Waals surface area contributed by atoms with Gasteiger partial charge in [0.15, 0.2) is 0 Å². The van der Waals surface area contributed by atoms with Gasteiger partial charge in [-0.05, 0) is 30.5 Å². The molecule has 2 bridgehead atoms. The molecule has 21 heavy (non-hydrogen) atoms. The fourth-order valence-electron chi connectivity index (χ4n) is 3.22. The van der Waals surface area contributed by atoms with Crippen molar-refractivity contribution in [1.82, 2.24) is 5.32 Å². The minimum Gasteiger partial charge on any atom is -0.550 e. The number of carbonyl (C=O) groups is 2. The minimum atomic E-state index is -1.23. The second-order valence-corrected chi connectivity index (χ2v) is 5.51. The molecule has 0 aliphatic carbocycles. The molecule has 0 saturated carbocycles. The molecule has 1 aromatic rings. The van der Waals surface area contributed by atoms with E-state index < -0.39 is 23.9 Å². The van der Waals surface area contributed by atoms with Crippen LogP contribution in [0.5, 0.6) is 0 Å². The topological polar surface area (TPSA) is 78.5 Å². The van der Waals surface area contributed by atoms with Crippen molar-refractivity contribution in [2.24, 2.45) is 11.8 Å². The Morgan fingerprint density at radius 1 is 1.19 bits per heavy atom. The lowest BCUT2D eigenvalue weighted by Crippen LogP contribution is -2.48. The van der Waals surface area contributed by atoms with Gasteiger partial charge in [-0.2, -0.15) is 0 Å². The van der Waals surface area contributed by atoms with Gasteiger partial charge in [0.2, 0.25) is 5.91 Å². The van der Waals surface area contributed by atoms with Crippen molar-refractivity contribution >= 4 is 11.9 Å². The number of halogens is 1. The van der Waals surface area contributed by atoms with Crippen LogP contribution in [0, 0.1) is 17.7 Å². The Kier molecular flexibility index (Phi) is 3.63. The second kappa shape index (κ2) is 5.44. The van der Waals surface area contributed by atoms with E-state index >= 15 is 0 Å². The zero-order valence-corrected chi connectivity index (χ0v) is 11.3. The van der Waals surface area contributed by atoms with Crippen LogP contribution < -0.4 is 10.4 Å². The average Bonchev–Trinajstić information content (AvgIpc) is 3.06. The van der Waals surface area contributed by atoms with E-state index in [2.05, 4.69) is 5.32 Å². The van der Waals surface area contributed by atoms with Crippen LogP contribution >= 0.6 is 0 Å². The summed E-state index contributed by atoms with van der Waals surface area (Å²) in [5.41, 5.74) is 0.749. The molecule has 1 amide bonds. The molecule has 4 atom stereocenters. The predicted octanol–water partition coefficient (Wildman–Crippen LogP) is -0.0146. The van der Waals surface area contributed by atoms with Crippen molar-refractivity contribution in [3.8, 4) is 0 Å². The van der Waals surface area contributed by atoms with Gasteiger partial charge in [-0.15, -0.1) is 0 Å². The maximum absolute atomic E-state index is 12.8. The Labute approximate surface area is 121 Å². The molecule has 4 unspecified atom stereocenters. The number of hydrogen-bond donors (Lipinski definition) is 1. The van der Waals surface area contributed by atoms with Crippen LogP contribution in [0.25, 0.3) is 0 Å². The van der Waals surface area contributed by atoms with E-state index in [0.717, 1.165) is 5.56 Å². The van der Waals surface area contributed by atoms with Crippen molar-refractivity contribution in [3.05, 3.63) is 35.6 Å². The first-order valence-electron chi connectivity index (χ1n) is 6.95. The van der Waals surface area contributed by atoms with Gasteiger partial charge in [0, 0.05) is 18.4 Å². The molecule has 0 aromatic heterocycles. The molecular formula is C15H15FNO4-. The Balaban J connectivity index is 1.64. The molecule has 5 nitrogen and oxygen atoms in total. The summed E-state index contributed by atoms with van der Waals surface area (Å²) in [4.78, 5) is 23.4. The smallest absolute Gasteiger partial charge is 0.226 e. The lowest BCUT2D eigenvalue weighted by Gasteiger charge is -2.27. The summed E-state index contributed by atoms with van der Waals surface area (Å²) in [6, 6.07) is 5.77. The summed E-state index contributed by atoms with van der Waals surface area (Å²) in [5.74, 6) is -3.50. The highest BCUT2D eigenvalue weighted by Gasteiger charge is 2.52. The highest BCUT2D eigenvalue weighted by Crippen LogP contribution is 2.43. The fourth-order valence-corrected chi connectivity index (χ4v) is 3.22. The Morgan fingerprint density at radius 2 is 1.81 bits per heavy atom. The number of benzene rings is 1. The zero-order valence-electron chi connectivity index (χ0n) is 11.3. The molecule has 3 rings (SSSR count). The molecule has 2 saturated heterocycles. The van der Waals surface area contributed by atoms with E-state index in [1.807, 2.05) is 0 Å². The Morgan fingerprint density at radius 3 is 2.43 bits per heavy atom. The van der Waals surface area contributed by atoms with Crippen molar-refractivity contribution < 1.29 is 23.8 Å². The molecule has 6 heteroatoms. The summed E-state index contributed by atoms with van der Waals surface area (Å²) in [7, 11) is 0. The molecule has 2 heterocycles. The standard InChI is InChI=1S/C15H16FNO4/c16-9-3-1-8(2-4-9)7-17-14(18)12-10-5-6-11(21-10)13(12)15(19)20/h1-4,10-13H,5-7H2,(H,17,18)(H,19,20)/p-1. The van der Waals surface area contributed by atoms with Crippen LogP contribution in [0.1, 0.15) is 18.4 Å². The summed E-state index contributed by atoms with van der Waals surface area (Å²) >= 11 is 0.